The van der Waals surface area contributed by atoms with Crippen LogP contribution in [0.1, 0.15) is 5.56 Å². The van der Waals surface area contributed by atoms with Gasteiger partial charge in [-0.05, 0) is 57.9 Å². The molecule has 0 aliphatic heterocycles. The van der Waals surface area contributed by atoms with Crippen LogP contribution >= 0.6 is 27.5 Å². The van der Waals surface area contributed by atoms with Crippen LogP contribution in [0, 0.1) is 17.1 Å². The number of carbonyl (C=O) groups is 1. The second kappa shape index (κ2) is 7.95. The quantitative estimate of drug-likeness (QED) is 0.583. The number of amides is 1. The van der Waals surface area contributed by atoms with Crippen LogP contribution in [-0.2, 0) is 4.79 Å². The first-order valence-corrected chi connectivity index (χ1v) is 7.83. The minimum Gasteiger partial charge on any atom is -0.496 e. The van der Waals surface area contributed by atoms with Gasteiger partial charge >= 0.3 is 0 Å². The largest absolute Gasteiger partial charge is 0.496 e. The number of hydrogen-bond acceptors (Lipinski definition) is 3. The van der Waals surface area contributed by atoms with Crippen molar-refractivity contribution < 1.29 is 13.9 Å². The van der Waals surface area contributed by atoms with Crippen molar-refractivity contribution in [1.82, 2.24) is 0 Å². The Kier molecular flexibility index (Phi) is 5.96. The molecule has 1 N–H and O–H groups in total. The van der Waals surface area contributed by atoms with E-state index in [0.717, 1.165) is 6.07 Å². The molecule has 0 radical (unpaired) electrons. The normalized spacial score (nSPS) is 10.9. The molecule has 0 aliphatic carbocycles. The SMILES string of the molecule is COc1ccc(/C=C(\C#N)C(=O)Nc2ccc(F)c(Cl)c2)cc1Br. The Balaban J connectivity index is 2.23. The Morgan fingerprint density at radius 1 is 1.38 bits per heavy atom. The van der Waals surface area contributed by atoms with E-state index in [1.165, 1.54) is 25.3 Å². The molecule has 2 aromatic carbocycles. The van der Waals surface area contributed by atoms with Gasteiger partial charge in [0.15, 0.2) is 0 Å². The molecule has 0 unspecified atom stereocenters. The number of anilines is 1. The molecule has 0 aromatic heterocycles. The summed E-state index contributed by atoms with van der Waals surface area (Å²) in [6.45, 7) is 0. The Hall–Kier alpha value is -2.36. The Morgan fingerprint density at radius 2 is 2.12 bits per heavy atom. The van der Waals surface area contributed by atoms with Crippen LogP contribution in [0.2, 0.25) is 5.02 Å². The summed E-state index contributed by atoms with van der Waals surface area (Å²) in [5.41, 5.74) is 0.836. The molecule has 2 aromatic rings. The van der Waals surface area contributed by atoms with Gasteiger partial charge in [0.05, 0.1) is 16.6 Å². The van der Waals surface area contributed by atoms with E-state index in [1.54, 1.807) is 18.2 Å². The molecule has 0 fully saturated rings. The molecule has 0 aliphatic rings. The lowest BCUT2D eigenvalue weighted by Crippen LogP contribution is -2.13. The molecule has 0 atom stereocenters. The molecular formula is C17H11BrClFN2O2. The fraction of sp³-hybridized carbons (Fsp3) is 0.0588. The number of hydrogen-bond donors (Lipinski definition) is 1. The molecule has 4 nitrogen and oxygen atoms in total. The topological polar surface area (TPSA) is 62.1 Å². The number of ether oxygens (including phenoxy) is 1. The van der Waals surface area contributed by atoms with Crippen molar-refractivity contribution in [2.45, 2.75) is 0 Å². The smallest absolute Gasteiger partial charge is 0.266 e. The monoisotopic (exact) mass is 408 g/mol. The van der Waals surface area contributed by atoms with Crippen LogP contribution in [-0.4, -0.2) is 13.0 Å². The number of nitrogens with zero attached hydrogens (tertiary/aromatic N) is 1. The van der Waals surface area contributed by atoms with E-state index in [9.17, 15) is 14.4 Å². The predicted octanol–water partition coefficient (Wildman–Crippen LogP) is 4.80. The molecule has 0 bridgehead atoms. The summed E-state index contributed by atoms with van der Waals surface area (Å²) in [5.74, 6) is -0.572. The highest BCUT2D eigenvalue weighted by atomic mass is 79.9. The molecule has 24 heavy (non-hydrogen) atoms. The van der Waals surface area contributed by atoms with Crippen molar-refractivity contribution in [1.29, 1.82) is 5.26 Å². The average Bonchev–Trinajstić information content (AvgIpc) is 2.56. The van der Waals surface area contributed by atoms with E-state index in [4.69, 9.17) is 16.3 Å². The van der Waals surface area contributed by atoms with Gasteiger partial charge in [-0.25, -0.2) is 4.39 Å². The van der Waals surface area contributed by atoms with E-state index in [1.807, 2.05) is 6.07 Å². The first-order valence-electron chi connectivity index (χ1n) is 6.66. The van der Waals surface area contributed by atoms with Gasteiger partial charge in [0.1, 0.15) is 23.2 Å². The third-order valence-corrected chi connectivity index (χ3v) is 3.94. The van der Waals surface area contributed by atoms with Crippen LogP contribution in [0.15, 0.2) is 46.4 Å². The van der Waals surface area contributed by atoms with E-state index >= 15 is 0 Å². The van der Waals surface area contributed by atoms with Crippen molar-refractivity contribution in [3.8, 4) is 11.8 Å². The van der Waals surface area contributed by atoms with Crippen molar-refractivity contribution in [2.75, 3.05) is 12.4 Å². The maximum absolute atomic E-state index is 13.1. The molecule has 122 valence electrons. The van der Waals surface area contributed by atoms with Crippen LogP contribution in [0.4, 0.5) is 10.1 Å². The fourth-order valence-electron chi connectivity index (χ4n) is 1.86. The molecule has 0 saturated heterocycles. The zero-order chi connectivity index (χ0) is 17.7. The highest BCUT2D eigenvalue weighted by molar-refractivity contribution is 9.10. The summed E-state index contributed by atoms with van der Waals surface area (Å²) in [4.78, 5) is 12.2. The summed E-state index contributed by atoms with van der Waals surface area (Å²) in [6, 6.07) is 10.7. The van der Waals surface area contributed by atoms with Gasteiger partial charge in [-0.1, -0.05) is 17.7 Å². The number of nitriles is 1. The van der Waals surface area contributed by atoms with Gasteiger partial charge in [0.2, 0.25) is 0 Å². The summed E-state index contributed by atoms with van der Waals surface area (Å²) in [7, 11) is 1.54. The molecular weight excluding hydrogens is 399 g/mol. The number of carbonyl (C=O) groups excluding carboxylic acids is 1. The van der Waals surface area contributed by atoms with Gasteiger partial charge in [-0.3, -0.25) is 4.79 Å². The first-order chi connectivity index (χ1) is 11.4. The number of halogens is 3. The molecule has 7 heteroatoms. The van der Waals surface area contributed by atoms with Gasteiger partial charge in [-0.15, -0.1) is 0 Å². The van der Waals surface area contributed by atoms with Crippen molar-refractivity contribution in [2.24, 2.45) is 0 Å². The Morgan fingerprint density at radius 3 is 2.71 bits per heavy atom. The van der Waals surface area contributed by atoms with Crippen LogP contribution in [0.25, 0.3) is 6.08 Å². The average molecular weight is 410 g/mol. The van der Waals surface area contributed by atoms with E-state index in [-0.39, 0.29) is 10.6 Å². The van der Waals surface area contributed by atoms with Gasteiger partial charge in [0, 0.05) is 5.69 Å². The second-order valence-corrected chi connectivity index (χ2v) is 5.91. The zero-order valence-corrected chi connectivity index (χ0v) is 14.8. The standard InChI is InChI=1S/C17H11BrClFN2O2/c1-24-16-5-2-10(7-13(16)18)6-11(9-21)17(23)22-12-3-4-15(20)14(19)8-12/h2-8H,1H3,(H,22,23)/b11-6+. The van der Waals surface area contributed by atoms with Crippen LogP contribution in [0.3, 0.4) is 0 Å². The van der Waals surface area contributed by atoms with Crippen LogP contribution < -0.4 is 10.1 Å². The highest BCUT2D eigenvalue weighted by Gasteiger charge is 2.11. The maximum atomic E-state index is 13.1. The Labute approximate surface area is 151 Å². The fourth-order valence-corrected chi connectivity index (χ4v) is 2.60. The third kappa shape index (κ3) is 4.34. The Bertz CT molecular complexity index is 862. The zero-order valence-electron chi connectivity index (χ0n) is 12.4. The van der Waals surface area contributed by atoms with Crippen molar-refractivity contribution >= 4 is 45.2 Å². The van der Waals surface area contributed by atoms with Crippen molar-refractivity contribution in [3.63, 3.8) is 0 Å². The molecule has 2 rings (SSSR count). The molecule has 1 amide bonds. The number of nitrogens with one attached hydrogen (secondary N) is 1. The molecule has 0 heterocycles. The number of benzene rings is 2. The lowest BCUT2D eigenvalue weighted by Gasteiger charge is -2.06. The summed E-state index contributed by atoms with van der Waals surface area (Å²) >= 11 is 9.00. The number of rotatable bonds is 4. The number of methoxy groups -OCH3 is 1. The predicted molar refractivity (Wildman–Crippen MR) is 94.3 cm³/mol. The van der Waals surface area contributed by atoms with Gasteiger partial charge in [0.25, 0.3) is 5.91 Å². The van der Waals surface area contributed by atoms with Crippen LogP contribution in [0.5, 0.6) is 5.75 Å². The van der Waals surface area contributed by atoms with E-state index < -0.39 is 11.7 Å². The molecule has 0 spiro atoms. The van der Waals surface area contributed by atoms with E-state index in [2.05, 4.69) is 21.2 Å². The van der Waals surface area contributed by atoms with Crippen molar-refractivity contribution in [3.05, 3.63) is 62.8 Å². The third-order valence-electron chi connectivity index (χ3n) is 3.03. The minimum atomic E-state index is -0.618. The second-order valence-electron chi connectivity index (χ2n) is 4.65. The summed E-state index contributed by atoms with van der Waals surface area (Å²) in [6.07, 6.45) is 1.44. The lowest BCUT2D eigenvalue weighted by molar-refractivity contribution is -0.112. The van der Waals surface area contributed by atoms with Gasteiger partial charge < -0.3 is 10.1 Å². The van der Waals surface area contributed by atoms with E-state index in [0.29, 0.717) is 21.5 Å². The summed E-state index contributed by atoms with van der Waals surface area (Å²) in [5, 5.41) is 11.6. The lowest BCUT2D eigenvalue weighted by atomic mass is 10.1. The highest BCUT2D eigenvalue weighted by Crippen LogP contribution is 2.26. The molecule has 0 saturated carbocycles. The maximum Gasteiger partial charge on any atom is 0.266 e. The van der Waals surface area contributed by atoms with Gasteiger partial charge in [-0.2, -0.15) is 5.26 Å². The first kappa shape index (κ1) is 18.0. The minimum absolute atomic E-state index is 0.104. The summed E-state index contributed by atoms with van der Waals surface area (Å²) < 4.78 is 18.9.